The smallest absolute Gasteiger partial charge is 0.213 e. The number of hydrogen-bond acceptors (Lipinski definition) is 4. The van der Waals surface area contributed by atoms with E-state index >= 15 is 0 Å². The number of aryl methyl sites for hydroxylation is 4. The van der Waals surface area contributed by atoms with Crippen molar-refractivity contribution in [2.24, 2.45) is 0 Å². The van der Waals surface area contributed by atoms with Gasteiger partial charge in [-0.1, -0.05) is 23.8 Å². The van der Waals surface area contributed by atoms with E-state index in [2.05, 4.69) is 52.7 Å². The fourth-order valence-electron chi connectivity index (χ4n) is 4.47. The molecule has 1 saturated carbocycles. The van der Waals surface area contributed by atoms with Crippen LogP contribution in [0.2, 0.25) is 0 Å². The van der Waals surface area contributed by atoms with Crippen molar-refractivity contribution in [3.63, 3.8) is 0 Å². The third-order valence-corrected chi connectivity index (χ3v) is 5.67. The van der Waals surface area contributed by atoms with Gasteiger partial charge < -0.3 is 4.74 Å². The van der Waals surface area contributed by atoms with E-state index in [1.807, 2.05) is 25.1 Å². The molecule has 1 aromatic carbocycles. The van der Waals surface area contributed by atoms with Gasteiger partial charge in [-0.05, 0) is 70.6 Å². The summed E-state index contributed by atoms with van der Waals surface area (Å²) < 4.78 is 8.33. The standard InChI is InChI=1S/C23H28N4O/c1-15-13-16(2)22(17(3)14-15)27-18(4)25-26-23(27)19-8-10-20(11-9-19)28-21-7-5-6-12-24-21/h5-7,12-14,19-20H,8-11H2,1-4H3. The van der Waals surface area contributed by atoms with Crippen LogP contribution in [0.3, 0.4) is 0 Å². The van der Waals surface area contributed by atoms with Crippen LogP contribution in [0.1, 0.15) is 59.9 Å². The number of rotatable bonds is 4. The molecule has 0 spiro atoms. The highest BCUT2D eigenvalue weighted by Gasteiger charge is 2.29. The van der Waals surface area contributed by atoms with Crippen molar-refractivity contribution in [1.82, 2.24) is 19.7 Å². The Labute approximate surface area is 166 Å². The van der Waals surface area contributed by atoms with Crippen LogP contribution in [0.15, 0.2) is 36.5 Å². The normalized spacial score (nSPS) is 19.6. The molecule has 0 amide bonds. The molecule has 0 atom stereocenters. The van der Waals surface area contributed by atoms with Crippen molar-refractivity contribution >= 4 is 0 Å². The summed E-state index contributed by atoms with van der Waals surface area (Å²) >= 11 is 0. The van der Waals surface area contributed by atoms with Gasteiger partial charge >= 0.3 is 0 Å². The minimum atomic E-state index is 0.228. The van der Waals surface area contributed by atoms with E-state index in [0.29, 0.717) is 5.92 Å². The van der Waals surface area contributed by atoms with Crippen molar-refractivity contribution in [3.8, 4) is 11.6 Å². The highest BCUT2D eigenvalue weighted by molar-refractivity contribution is 5.50. The van der Waals surface area contributed by atoms with Gasteiger partial charge in [0, 0.05) is 18.2 Å². The fourth-order valence-corrected chi connectivity index (χ4v) is 4.47. The quantitative estimate of drug-likeness (QED) is 0.643. The lowest BCUT2D eigenvalue weighted by atomic mass is 9.86. The molecule has 0 radical (unpaired) electrons. The summed E-state index contributed by atoms with van der Waals surface area (Å²) in [5.74, 6) is 3.17. The fraction of sp³-hybridized carbons (Fsp3) is 0.435. The Bertz CT molecular complexity index is 933. The molecule has 1 aliphatic carbocycles. The van der Waals surface area contributed by atoms with E-state index in [-0.39, 0.29) is 6.10 Å². The largest absolute Gasteiger partial charge is 0.474 e. The molecule has 4 rings (SSSR count). The lowest BCUT2D eigenvalue weighted by molar-refractivity contribution is 0.139. The summed E-state index contributed by atoms with van der Waals surface area (Å²) in [7, 11) is 0. The number of ether oxygens (including phenoxy) is 1. The van der Waals surface area contributed by atoms with Crippen LogP contribution < -0.4 is 4.74 Å². The number of hydrogen-bond donors (Lipinski definition) is 0. The molecule has 5 heteroatoms. The van der Waals surface area contributed by atoms with Gasteiger partial charge in [0.1, 0.15) is 17.8 Å². The van der Waals surface area contributed by atoms with E-state index in [4.69, 9.17) is 4.74 Å². The second kappa shape index (κ2) is 7.74. The van der Waals surface area contributed by atoms with E-state index in [9.17, 15) is 0 Å². The van der Waals surface area contributed by atoms with Gasteiger partial charge in [-0.2, -0.15) is 0 Å². The van der Waals surface area contributed by atoms with Gasteiger partial charge in [-0.25, -0.2) is 4.98 Å². The summed E-state index contributed by atoms with van der Waals surface area (Å²) in [5, 5.41) is 9.02. The minimum absolute atomic E-state index is 0.228. The lowest BCUT2D eigenvalue weighted by Gasteiger charge is -2.29. The molecule has 0 unspecified atom stereocenters. The van der Waals surface area contributed by atoms with Crippen LogP contribution in [0.4, 0.5) is 0 Å². The third-order valence-electron chi connectivity index (χ3n) is 5.67. The summed E-state index contributed by atoms with van der Waals surface area (Å²) in [5.41, 5.74) is 5.07. The summed E-state index contributed by atoms with van der Waals surface area (Å²) in [6, 6.07) is 10.3. The van der Waals surface area contributed by atoms with Crippen molar-refractivity contribution < 1.29 is 4.74 Å². The summed E-state index contributed by atoms with van der Waals surface area (Å²) in [6.07, 6.45) is 6.14. The Kier molecular flexibility index (Phi) is 5.16. The summed E-state index contributed by atoms with van der Waals surface area (Å²) in [6.45, 7) is 8.55. The first kappa shape index (κ1) is 18.7. The first-order valence-electron chi connectivity index (χ1n) is 10.1. The van der Waals surface area contributed by atoms with E-state index in [0.717, 1.165) is 43.2 Å². The SMILES string of the molecule is Cc1cc(C)c(-n2c(C)nnc2C2CCC(Oc3ccccn3)CC2)c(C)c1. The molecule has 0 N–H and O–H groups in total. The number of benzene rings is 1. The van der Waals surface area contributed by atoms with Crippen LogP contribution in [0, 0.1) is 27.7 Å². The van der Waals surface area contributed by atoms with Crippen LogP contribution in [0.5, 0.6) is 5.88 Å². The van der Waals surface area contributed by atoms with E-state index < -0.39 is 0 Å². The molecular weight excluding hydrogens is 348 g/mol. The Morgan fingerprint density at radius 1 is 0.929 bits per heavy atom. The lowest BCUT2D eigenvalue weighted by Crippen LogP contribution is -2.25. The maximum absolute atomic E-state index is 6.06. The van der Waals surface area contributed by atoms with Gasteiger partial charge in [0.25, 0.3) is 0 Å². The Morgan fingerprint density at radius 2 is 1.64 bits per heavy atom. The van der Waals surface area contributed by atoms with Crippen LogP contribution in [-0.4, -0.2) is 25.9 Å². The van der Waals surface area contributed by atoms with Crippen LogP contribution >= 0.6 is 0 Å². The van der Waals surface area contributed by atoms with Crippen LogP contribution in [0.25, 0.3) is 5.69 Å². The van der Waals surface area contributed by atoms with Gasteiger partial charge in [-0.3, -0.25) is 4.57 Å². The van der Waals surface area contributed by atoms with Gasteiger partial charge in [-0.15, -0.1) is 10.2 Å². The van der Waals surface area contributed by atoms with Gasteiger partial charge in [0.15, 0.2) is 0 Å². The molecular formula is C23H28N4O. The summed E-state index contributed by atoms with van der Waals surface area (Å²) in [4.78, 5) is 4.28. The van der Waals surface area contributed by atoms with Gasteiger partial charge in [0.05, 0.1) is 5.69 Å². The van der Waals surface area contributed by atoms with Gasteiger partial charge in [0.2, 0.25) is 5.88 Å². The second-order valence-corrected chi connectivity index (χ2v) is 7.95. The molecule has 1 fully saturated rings. The number of pyridine rings is 1. The maximum atomic E-state index is 6.06. The molecule has 0 aliphatic heterocycles. The average Bonchev–Trinajstić information content (AvgIpc) is 3.04. The zero-order chi connectivity index (χ0) is 19.7. The van der Waals surface area contributed by atoms with Crippen molar-refractivity contribution in [1.29, 1.82) is 0 Å². The minimum Gasteiger partial charge on any atom is -0.474 e. The predicted octanol–water partition coefficient (Wildman–Crippen LogP) is 5.00. The molecule has 0 saturated heterocycles. The molecule has 28 heavy (non-hydrogen) atoms. The Hall–Kier alpha value is -2.69. The van der Waals surface area contributed by atoms with E-state index in [1.54, 1.807) is 6.20 Å². The van der Waals surface area contributed by atoms with Crippen LogP contribution in [-0.2, 0) is 0 Å². The zero-order valence-electron chi connectivity index (χ0n) is 17.1. The molecule has 5 nitrogen and oxygen atoms in total. The number of nitrogens with zero attached hydrogens (tertiary/aromatic N) is 4. The van der Waals surface area contributed by atoms with E-state index in [1.165, 1.54) is 22.4 Å². The molecule has 146 valence electrons. The predicted molar refractivity (Wildman–Crippen MR) is 110 cm³/mol. The first-order chi connectivity index (χ1) is 13.5. The zero-order valence-corrected chi connectivity index (χ0v) is 17.1. The molecule has 1 aliphatic rings. The Balaban J connectivity index is 1.54. The first-order valence-corrected chi connectivity index (χ1v) is 10.1. The molecule has 2 heterocycles. The Morgan fingerprint density at radius 3 is 2.29 bits per heavy atom. The topological polar surface area (TPSA) is 52.8 Å². The van der Waals surface area contributed by atoms with Crippen molar-refractivity contribution in [3.05, 3.63) is 64.9 Å². The highest BCUT2D eigenvalue weighted by atomic mass is 16.5. The number of aromatic nitrogens is 4. The second-order valence-electron chi connectivity index (χ2n) is 7.95. The maximum Gasteiger partial charge on any atom is 0.213 e. The average molecular weight is 377 g/mol. The molecule has 3 aromatic rings. The molecule has 0 bridgehead atoms. The van der Waals surface area contributed by atoms with Crippen molar-refractivity contribution in [2.45, 2.75) is 65.4 Å². The molecule has 2 aromatic heterocycles. The highest BCUT2D eigenvalue weighted by Crippen LogP contribution is 2.36. The monoisotopic (exact) mass is 376 g/mol. The van der Waals surface area contributed by atoms with Crippen molar-refractivity contribution in [2.75, 3.05) is 0 Å². The third kappa shape index (κ3) is 3.66.